The van der Waals surface area contributed by atoms with E-state index in [2.05, 4.69) is 16.3 Å². The number of phenols is 1. The van der Waals surface area contributed by atoms with E-state index in [-0.39, 0.29) is 22.7 Å². The van der Waals surface area contributed by atoms with Gasteiger partial charge in [0.05, 0.1) is 16.8 Å². The first-order valence-corrected chi connectivity index (χ1v) is 8.80. The minimum Gasteiger partial charge on any atom is -0.508 e. The van der Waals surface area contributed by atoms with Crippen molar-refractivity contribution in [1.82, 2.24) is 4.90 Å². The number of hydrogen-bond donors (Lipinski definition) is 2. The summed E-state index contributed by atoms with van der Waals surface area (Å²) in [5.41, 5.74) is 2.69. The van der Waals surface area contributed by atoms with Gasteiger partial charge in [-0.15, -0.1) is 0 Å². The van der Waals surface area contributed by atoms with E-state index in [1.807, 2.05) is 19.1 Å². The second kappa shape index (κ2) is 7.89. The predicted octanol–water partition coefficient (Wildman–Crippen LogP) is 4.30. The summed E-state index contributed by atoms with van der Waals surface area (Å²) >= 11 is 5.97. The fourth-order valence-electron chi connectivity index (χ4n) is 2.97. The predicted molar refractivity (Wildman–Crippen MR) is 102 cm³/mol. The number of halogens is 2. The Kier molecular flexibility index (Phi) is 5.59. The van der Waals surface area contributed by atoms with E-state index in [4.69, 9.17) is 11.6 Å². The van der Waals surface area contributed by atoms with Gasteiger partial charge in [0.25, 0.3) is 0 Å². The molecule has 1 atom stereocenters. The Morgan fingerprint density at radius 2 is 2.00 bits per heavy atom. The number of rotatable bonds is 4. The summed E-state index contributed by atoms with van der Waals surface area (Å²) in [6.45, 7) is 3.24. The topological polar surface area (TPSA) is 52.6 Å². The lowest BCUT2D eigenvalue weighted by atomic mass is 9.98. The number of carbonyl (C=O) groups is 1. The molecule has 0 radical (unpaired) electrons. The Balaban J connectivity index is 1.62. The third kappa shape index (κ3) is 4.23. The van der Waals surface area contributed by atoms with Gasteiger partial charge in [0.15, 0.2) is 0 Å². The molecule has 0 bridgehead atoms. The van der Waals surface area contributed by atoms with Crippen molar-refractivity contribution in [3.05, 3.63) is 64.9 Å². The number of nitrogens with one attached hydrogen (secondary N) is 1. The van der Waals surface area contributed by atoms with Gasteiger partial charge in [-0.1, -0.05) is 29.8 Å². The number of phenolic OH excluding ortho intramolecular Hbond substituents is 1. The maximum absolute atomic E-state index is 13.1. The second-order valence-corrected chi connectivity index (χ2v) is 6.72. The van der Waals surface area contributed by atoms with E-state index in [1.54, 1.807) is 12.1 Å². The molecule has 1 unspecified atom stereocenters. The third-order valence-electron chi connectivity index (χ3n) is 4.59. The van der Waals surface area contributed by atoms with E-state index >= 15 is 0 Å². The lowest BCUT2D eigenvalue weighted by molar-refractivity contribution is -0.120. The van der Waals surface area contributed by atoms with Gasteiger partial charge in [-0.05, 0) is 54.8 Å². The van der Waals surface area contributed by atoms with Crippen LogP contribution in [0.25, 0.3) is 5.57 Å². The average molecular weight is 375 g/mol. The Bertz CT molecular complexity index is 836. The van der Waals surface area contributed by atoms with Crippen LogP contribution in [0.1, 0.15) is 18.9 Å². The van der Waals surface area contributed by atoms with Crippen LogP contribution in [0.5, 0.6) is 5.75 Å². The van der Waals surface area contributed by atoms with E-state index in [0.29, 0.717) is 12.2 Å². The molecule has 4 nitrogen and oxygen atoms in total. The van der Waals surface area contributed by atoms with Gasteiger partial charge in [-0.3, -0.25) is 9.69 Å². The molecule has 2 aromatic carbocycles. The van der Waals surface area contributed by atoms with E-state index in [9.17, 15) is 14.3 Å². The van der Waals surface area contributed by atoms with Crippen LogP contribution in [0.3, 0.4) is 0 Å². The number of benzene rings is 2. The number of anilines is 1. The van der Waals surface area contributed by atoms with Gasteiger partial charge in [0.1, 0.15) is 11.6 Å². The van der Waals surface area contributed by atoms with Crippen molar-refractivity contribution in [2.75, 3.05) is 18.4 Å². The van der Waals surface area contributed by atoms with Crippen molar-refractivity contribution in [1.29, 1.82) is 0 Å². The molecule has 2 N–H and O–H groups in total. The number of hydrogen-bond acceptors (Lipinski definition) is 3. The van der Waals surface area contributed by atoms with Gasteiger partial charge < -0.3 is 10.4 Å². The van der Waals surface area contributed by atoms with Crippen molar-refractivity contribution in [2.24, 2.45) is 0 Å². The maximum atomic E-state index is 13.1. The van der Waals surface area contributed by atoms with Crippen LogP contribution in [-0.4, -0.2) is 35.0 Å². The van der Waals surface area contributed by atoms with Crippen molar-refractivity contribution >= 4 is 28.8 Å². The molecule has 2 aromatic rings. The Morgan fingerprint density at radius 1 is 1.27 bits per heavy atom. The normalized spacial score (nSPS) is 16.0. The van der Waals surface area contributed by atoms with Crippen LogP contribution in [0.2, 0.25) is 5.02 Å². The molecule has 3 rings (SSSR count). The van der Waals surface area contributed by atoms with Crippen LogP contribution in [0.15, 0.2) is 48.5 Å². The standard InChI is InChI=1S/C20H20ClFN2O2/c1-13(20(26)23-19-7-4-16(22)12-18(19)21)24-10-8-15(9-11-24)14-2-5-17(25)6-3-14/h2-8,12-13,25H,9-11H2,1H3,(H,23,26). The van der Waals surface area contributed by atoms with Crippen LogP contribution in [0.4, 0.5) is 10.1 Å². The van der Waals surface area contributed by atoms with E-state index in [1.165, 1.54) is 23.8 Å². The summed E-state index contributed by atoms with van der Waals surface area (Å²) < 4.78 is 13.1. The molecule has 1 aliphatic heterocycles. The zero-order chi connectivity index (χ0) is 18.7. The van der Waals surface area contributed by atoms with Crippen LogP contribution in [-0.2, 0) is 4.79 Å². The van der Waals surface area contributed by atoms with Gasteiger partial charge in [0, 0.05) is 13.1 Å². The fourth-order valence-corrected chi connectivity index (χ4v) is 3.18. The number of aromatic hydroxyl groups is 1. The summed E-state index contributed by atoms with van der Waals surface area (Å²) in [7, 11) is 0. The largest absolute Gasteiger partial charge is 0.508 e. The molecule has 0 spiro atoms. The first-order valence-electron chi connectivity index (χ1n) is 8.42. The smallest absolute Gasteiger partial charge is 0.241 e. The highest BCUT2D eigenvalue weighted by Crippen LogP contribution is 2.26. The number of carbonyl (C=O) groups excluding carboxylic acids is 1. The Labute approximate surface area is 156 Å². The van der Waals surface area contributed by atoms with Crippen LogP contribution >= 0.6 is 11.6 Å². The van der Waals surface area contributed by atoms with Crippen molar-refractivity contribution in [3.63, 3.8) is 0 Å². The fraction of sp³-hybridized carbons (Fsp3) is 0.250. The molecule has 136 valence electrons. The van der Waals surface area contributed by atoms with Gasteiger partial charge in [-0.2, -0.15) is 0 Å². The van der Waals surface area contributed by atoms with Gasteiger partial charge in [0.2, 0.25) is 5.91 Å². The van der Waals surface area contributed by atoms with Gasteiger partial charge in [-0.25, -0.2) is 4.39 Å². The molecule has 0 saturated heterocycles. The lowest BCUT2D eigenvalue weighted by Crippen LogP contribution is -2.44. The summed E-state index contributed by atoms with van der Waals surface area (Å²) in [5, 5.41) is 12.3. The van der Waals surface area contributed by atoms with Crippen molar-refractivity contribution in [3.8, 4) is 5.75 Å². The monoisotopic (exact) mass is 374 g/mol. The number of nitrogens with zero attached hydrogens (tertiary/aromatic N) is 1. The minimum absolute atomic E-state index is 0.179. The summed E-state index contributed by atoms with van der Waals surface area (Å²) in [5.74, 6) is -0.375. The van der Waals surface area contributed by atoms with Crippen LogP contribution < -0.4 is 5.32 Å². The molecule has 26 heavy (non-hydrogen) atoms. The van der Waals surface area contributed by atoms with Crippen molar-refractivity contribution < 1.29 is 14.3 Å². The van der Waals surface area contributed by atoms with Gasteiger partial charge >= 0.3 is 0 Å². The maximum Gasteiger partial charge on any atom is 0.241 e. The quantitative estimate of drug-likeness (QED) is 0.838. The third-order valence-corrected chi connectivity index (χ3v) is 4.91. The molecule has 0 aliphatic carbocycles. The second-order valence-electron chi connectivity index (χ2n) is 6.31. The highest BCUT2D eigenvalue weighted by molar-refractivity contribution is 6.33. The van der Waals surface area contributed by atoms with Crippen molar-refractivity contribution in [2.45, 2.75) is 19.4 Å². The minimum atomic E-state index is -0.441. The number of amides is 1. The molecule has 0 aromatic heterocycles. The van der Waals surface area contributed by atoms with E-state index < -0.39 is 5.82 Å². The summed E-state index contributed by atoms with van der Waals surface area (Å²) in [6.07, 6.45) is 2.92. The highest BCUT2D eigenvalue weighted by Gasteiger charge is 2.24. The van der Waals surface area contributed by atoms with E-state index in [0.717, 1.165) is 18.5 Å². The molecule has 0 saturated carbocycles. The average Bonchev–Trinajstić information content (AvgIpc) is 2.64. The summed E-state index contributed by atoms with van der Waals surface area (Å²) in [4.78, 5) is 14.6. The zero-order valence-electron chi connectivity index (χ0n) is 14.4. The van der Waals surface area contributed by atoms with Crippen LogP contribution in [0, 0.1) is 5.82 Å². The molecule has 1 heterocycles. The Hall–Kier alpha value is -2.37. The molecular formula is C20H20ClFN2O2. The lowest BCUT2D eigenvalue weighted by Gasteiger charge is -2.31. The SMILES string of the molecule is CC(C(=O)Nc1ccc(F)cc1Cl)N1CC=C(c2ccc(O)cc2)CC1. The first-order chi connectivity index (χ1) is 12.4. The Morgan fingerprint density at radius 3 is 2.62 bits per heavy atom. The highest BCUT2D eigenvalue weighted by atomic mass is 35.5. The summed E-state index contributed by atoms with van der Waals surface area (Å²) in [6, 6.07) is 10.7. The molecule has 6 heteroatoms. The molecule has 1 amide bonds. The molecular weight excluding hydrogens is 355 g/mol. The zero-order valence-corrected chi connectivity index (χ0v) is 15.1. The molecule has 0 fully saturated rings. The molecule has 1 aliphatic rings. The first kappa shape index (κ1) is 18.4.